The first-order valence-electron chi connectivity index (χ1n) is 8.56. The Morgan fingerprint density at radius 1 is 0.905 bits per heavy atom. The summed E-state index contributed by atoms with van der Waals surface area (Å²) in [5.41, 5.74) is 2.60. The van der Waals surface area contributed by atoms with E-state index in [1.54, 1.807) is 0 Å². The summed E-state index contributed by atoms with van der Waals surface area (Å²) in [6.45, 7) is 9.06. The van der Waals surface area contributed by atoms with Gasteiger partial charge in [-0.1, -0.05) is 46.5 Å². The van der Waals surface area contributed by atoms with E-state index in [2.05, 4.69) is 32.7 Å². The summed E-state index contributed by atoms with van der Waals surface area (Å²) >= 11 is 0. The zero-order chi connectivity index (χ0) is 14.8. The van der Waals surface area contributed by atoms with E-state index in [-0.39, 0.29) is 12.4 Å². The van der Waals surface area contributed by atoms with Crippen molar-refractivity contribution in [2.75, 3.05) is 18.5 Å². The number of H-pyrrole nitrogens is 1. The Morgan fingerprint density at radius 3 is 1.86 bits per heavy atom. The molecular formula is C17H34ClN2P. The highest BCUT2D eigenvalue weighted by atomic mass is 35.5. The van der Waals surface area contributed by atoms with Crippen molar-refractivity contribution in [2.24, 2.45) is 0 Å². The maximum Gasteiger partial charge on any atom is 0.254 e. The maximum absolute atomic E-state index is 4.77. The molecule has 0 saturated heterocycles. The van der Waals surface area contributed by atoms with Gasteiger partial charge >= 0.3 is 0 Å². The molecule has 1 N–H and O–H groups in total. The van der Waals surface area contributed by atoms with Crippen LogP contribution in [0.1, 0.15) is 71.4 Å². The van der Waals surface area contributed by atoms with E-state index in [0.29, 0.717) is 0 Å². The van der Waals surface area contributed by atoms with E-state index in [1.807, 2.05) is 6.20 Å². The smallest absolute Gasteiger partial charge is 0.254 e. The summed E-state index contributed by atoms with van der Waals surface area (Å²) in [6, 6.07) is 0. The van der Waals surface area contributed by atoms with Crippen LogP contribution in [0.15, 0.2) is 6.20 Å². The van der Waals surface area contributed by atoms with Crippen LogP contribution in [0.5, 0.6) is 0 Å². The molecule has 1 rings (SSSR count). The zero-order valence-electron chi connectivity index (χ0n) is 14.4. The lowest BCUT2D eigenvalue weighted by atomic mass is 10.3. The van der Waals surface area contributed by atoms with Crippen molar-refractivity contribution in [3.63, 3.8) is 0 Å². The molecule has 0 unspecified atom stereocenters. The highest BCUT2D eigenvalue weighted by molar-refractivity contribution is 7.82. The molecule has 1 aromatic heterocycles. The van der Waals surface area contributed by atoms with Crippen molar-refractivity contribution in [1.29, 1.82) is 0 Å². The monoisotopic (exact) mass is 332 g/mol. The number of halogens is 1. The number of nitrogens with one attached hydrogen (secondary N) is 1. The molecule has 0 fully saturated rings. The number of unbranched alkanes of at least 4 members (excludes halogenated alkanes) is 4. The average Bonchev–Trinajstić information content (AvgIpc) is 2.89. The van der Waals surface area contributed by atoms with E-state index in [9.17, 15) is 0 Å². The largest absolute Gasteiger partial charge is 1.00 e. The first-order chi connectivity index (χ1) is 9.68. The Bertz CT molecular complexity index is 357. The van der Waals surface area contributed by atoms with E-state index in [4.69, 9.17) is 4.98 Å². The Hall–Kier alpha value is -0.0700. The third-order valence-electron chi connectivity index (χ3n) is 4.21. The number of aryl methyl sites for hydroxylation is 1. The van der Waals surface area contributed by atoms with E-state index < -0.39 is 7.26 Å². The number of nitrogens with zero attached hydrogens (tertiary/aromatic N) is 1. The molecule has 0 bridgehead atoms. The van der Waals surface area contributed by atoms with Crippen LogP contribution >= 0.6 is 7.26 Å². The van der Waals surface area contributed by atoms with Crippen LogP contribution in [0.3, 0.4) is 0 Å². The molecule has 1 heterocycles. The van der Waals surface area contributed by atoms with Gasteiger partial charge in [0.2, 0.25) is 0 Å². The number of aromatic nitrogens is 2. The molecule has 0 spiro atoms. The molecule has 0 aliphatic rings. The second kappa shape index (κ2) is 11.5. The number of aromatic amines is 1. The summed E-state index contributed by atoms with van der Waals surface area (Å²) in [7, 11) is -1.06. The SMILES string of the molecule is CCCCC[P+](CCCC)(CCCC)c1ncc(C)[nH]1.[Cl-]. The fourth-order valence-corrected chi connectivity index (χ4v) is 7.57. The standard InChI is InChI=1S/C17H34N2P.ClH/c1-5-8-11-14-20(12-9-6-2,13-10-7-3)17-18-15-16(4)19-17;/h15H,5-14H2,1-4H3,(H,18,19);1H/q+1;/p-1. The predicted octanol–water partition coefficient (Wildman–Crippen LogP) is 2.16. The van der Waals surface area contributed by atoms with Crippen LogP contribution in [0.25, 0.3) is 0 Å². The highest BCUT2D eigenvalue weighted by Gasteiger charge is 2.41. The fraction of sp³-hybridized carbons (Fsp3) is 0.824. The van der Waals surface area contributed by atoms with Gasteiger partial charge in [0.1, 0.15) is 0 Å². The van der Waals surface area contributed by atoms with Gasteiger partial charge in [-0.05, 0) is 26.2 Å². The van der Waals surface area contributed by atoms with Crippen LogP contribution in [0.2, 0.25) is 0 Å². The van der Waals surface area contributed by atoms with Crippen molar-refractivity contribution in [3.8, 4) is 0 Å². The van der Waals surface area contributed by atoms with Crippen LogP contribution in [0.4, 0.5) is 0 Å². The van der Waals surface area contributed by atoms with Gasteiger partial charge in [-0.2, -0.15) is 0 Å². The number of imidazole rings is 1. The zero-order valence-corrected chi connectivity index (χ0v) is 16.1. The molecule has 0 amide bonds. The van der Waals surface area contributed by atoms with Crippen molar-refractivity contribution < 1.29 is 12.4 Å². The minimum Gasteiger partial charge on any atom is -1.00 e. The summed E-state index contributed by atoms with van der Waals surface area (Å²) in [6.07, 6.45) is 15.7. The Balaban J connectivity index is 0.00000400. The van der Waals surface area contributed by atoms with Crippen molar-refractivity contribution >= 4 is 12.8 Å². The van der Waals surface area contributed by atoms with Gasteiger partial charge in [0, 0.05) is 5.69 Å². The second-order valence-corrected chi connectivity index (χ2v) is 10.2. The minimum atomic E-state index is -1.06. The molecule has 21 heavy (non-hydrogen) atoms. The van der Waals surface area contributed by atoms with Gasteiger partial charge in [-0.15, -0.1) is 0 Å². The van der Waals surface area contributed by atoms with Crippen LogP contribution < -0.4 is 18.0 Å². The van der Waals surface area contributed by atoms with E-state index in [0.717, 1.165) is 0 Å². The molecule has 0 atom stereocenters. The molecule has 2 nitrogen and oxygen atoms in total. The molecule has 124 valence electrons. The minimum absolute atomic E-state index is 0. The van der Waals surface area contributed by atoms with Crippen LogP contribution in [-0.2, 0) is 0 Å². The lowest BCUT2D eigenvalue weighted by Crippen LogP contribution is -3.00. The molecule has 0 saturated carbocycles. The summed E-state index contributed by atoms with van der Waals surface area (Å²) in [5.74, 6) is 0. The topological polar surface area (TPSA) is 28.7 Å². The van der Waals surface area contributed by atoms with Crippen LogP contribution in [0, 0.1) is 6.92 Å². The Kier molecular flexibility index (Phi) is 11.5. The van der Waals surface area contributed by atoms with Crippen molar-refractivity contribution in [1.82, 2.24) is 9.97 Å². The lowest BCUT2D eigenvalue weighted by Gasteiger charge is -2.25. The Labute approximate surface area is 138 Å². The third-order valence-corrected chi connectivity index (χ3v) is 8.85. The molecule has 1 aromatic rings. The van der Waals surface area contributed by atoms with Gasteiger partial charge < -0.3 is 17.4 Å². The van der Waals surface area contributed by atoms with E-state index >= 15 is 0 Å². The molecule has 0 aliphatic heterocycles. The van der Waals surface area contributed by atoms with E-state index in [1.165, 1.54) is 74.7 Å². The normalized spacial score (nSPS) is 11.4. The summed E-state index contributed by atoms with van der Waals surface area (Å²) in [4.78, 5) is 8.37. The summed E-state index contributed by atoms with van der Waals surface area (Å²) in [5, 5.41) is 0. The first kappa shape index (κ1) is 20.9. The highest BCUT2D eigenvalue weighted by Crippen LogP contribution is 2.58. The lowest BCUT2D eigenvalue weighted by molar-refractivity contribution is -0.00000471. The Morgan fingerprint density at radius 2 is 1.43 bits per heavy atom. The quantitative estimate of drug-likeness (QED) is 0.488. The predicted molar refractivity (Wildman–Crippen MR) is 93.8 cm³/mol. The fourth-order valence-electron chi connectivity index (χ4n) is 2.88. The molecule has 0 aromatic carbocycles. The van der Waals surface area contributed by atoms with Gasteiger partial charge in [0.05, 0.1) is 31.9 Å². The first-order valence-corrected chi connectivity index (χ1v) is 10.9. The van der Waals surface area contributed by atoms with Gasteiger partial charge in [0.15, 0.2) is 0 Å². The van der Waals surface area contributed by atoms with Gasteiger partial charge in [0.25, 0.3) is 5.57 Å². The van der Waals surface area contributed by atoms with Crippen molar-refractivity contribution in [3.05, 3.63) is 11.9 Å². The molecule has 0 radical (unpaired) electrons. The summed E-state index contributed by atoms with van der Waals surface area (Å²) < 4.78 is 0. The second-order valence-electron chi connectivity index (χ2n) is 6.12. The molecular weight excluding hydrogens is 299 g/mol. The van der Waals surface area contributed by atoms with Crippen molar-refractivity contribution in [2.45, 2.75) is 72.6 Å². The van der Waals surface area contributed by atoms with Gasteiger partial charge in [-0.25, -0.2) is 4.98 Å². The van der Waals surface area contributed by atoms with Gasteiger partial charge in [-0.3, -0.25) is 0 Å². The molecule has 0 aliphatic carbocycles. The maximum atomic E-state index is 4.77. The average molecular weight is 333 g/mol. The number of rotatable bonds is 11. The third kappa shape index (κ3) is 6.70. The van der Waals surface area contributed by atoms with Crippen LogP contribution in [-0.4, -0.2) is 28.5 Å². The number of hydrogen-bond donors (Lipinski definition) is 1. The number of hydrogen-bond acceptors (Lipinski definition) is 1. The molecule has 4 heteroatoms.